The minimum absolute atomic E-state index is 0.111. The Labute approximate surface area is 565 Å². The van der Waals surface area contributed by atoms with Gasteiger partial charge in [-0.05, 0) is 176 Å². The average Bonchev–Trinajstić information content (AvgIpc) is 0.960. The molecule has 0 saturated carbocycles. The molecule has 13 heteroatoms. The van der Waals surface area contributed by atoms with Crippen molar-refractivity contribution in [2.24, 2.45) is 0 Å². The van der Waals surface area contributed by atoms with Gasteiger partial charge in [0.1, 0.15) is 40.2 Å². The summed E-state index contributed by atoms with van der Waals surface area (Å²) in [6, 6.07) is 49.3. The van der Waals surface area contributed by atoms with Gasteiger partial charge in [-0.2, -0.15) is 0 Å². The van der Waals surface area contributed by atoms with Crippen LogP contribution in [-0.4, -0.2) is 68.6 Å². The van der Waals surface area contributed by atoms with Gasteiger partial charge in [-0.1, -0.05) is 204 Å². The second-order valence-corrected chi connectivity index (χ2v) is 24.6. The number of phenols is 1. The molecule has 7 rings (SSSR count). The number of aromatic hydroxyl groups is 1. The first-order valence-corrected chi connectivity index (χ1v) is 35.4. The van der Waals surface area contributed by atoms with E-state index in [4.69, 9.17) is 37.9 Å². The number of hydrogen-bond acceptors (Lipinski definition) is 13. The molecular formula is C82H102O13. The largest absolute Gasteiger partial charge is 0.508 e. The Morgan fingerprint density at radius 1 is 0.253 bits per heavy atom. The fourth-order valence-electron chi connectivity index (χ4n) is 11.0. The predicted octanol–water partition coefficient (Wildman–Crippen LogP) is 21.4. The van der Waals surface area contributed by atoms with Crippen LogP contribution in [0, 0.1) is 0 Å². The zero-order valence-electron chi connectivity index (χ0n) is 56.5. The van der Waals surface area contributed by atoms with E-state index in [0.717, 1.165) is 163 Å². The second kappa shape index (κ2) is 44.2. The highest BCUT2D eigenvalue weighted by molar-refractivity contribution is 5.96. The first kappa shape index (κ1) is 73.8. The van der Waals surface area contributed by atoms with Crippen molar-refractivity contribution in [2.75, 3.05) is 39.6 Å². The van der Waals surface area contributed by atoms with Crippen molar-refractivity contribution in [3.63, 3.8) is 0 Å². The van der Waals surface area contributed by atoms with Crippen molar-refractivity contribution in [1.29, 1.82) is 0 Å². The summed E-state index contributed by atoms with van der Waals surface area (Å²) in [6.07, 6.45) is 30.7. The molecule has 13 nitrogen and oxygen atoms in total. The summed E-state index contributed by atoms with van der Waals surface area (Å²) in [7, 11) is 0. The summed E-state index contributed by atoms with van der Waals surface area (Å²) in [5.74, 6) is 1.89. The second-order valence-electron chi connectivity index (χ2n) is 24.6. The van der Waals surface area contributed by atoms with Gasteiger partial charge < -0.3 is 43.0 Å². The predicted molar refractivity (Wildman–Crippen MR) is 378 cm³/mol. The first-order chi connectivity index (χ1) is 46.6. The van der Waals surface area contributed by atoms with Crippen LogP contribution in [0.4, 0.5) is 0 Å². The molecule has 95 heavy (non-hydrogen) atoms. The molecule has 0 radical (unpaired) electrons. The highest BCUT2D eigenvalue weighted by Crippen LogP contribution is 2.29. The fourth-order valence-corrected chi connectivity index (χ4v) is 11.0. The quantitative estimate of drug-likeness (QED) is 0.0218. The summed E-state index contributed by atoms with van der Waals surface area (Å²) in [5, 5.41) is 10.3. The number of benzene rings is 7. The number of ether oxygens (including phenoxy) is 8. The monoisotopic (exact) mass is 1290 g/mol. The van der Waals surface area contributed by atoms with Crippen LogP contribution in [0.3, 0.4) is 0 Å². The number of carbonyl (C=O) groups excluding carboxylic acids is 4. The van der Waals surface area contributed by atoms with Crippen LogP contribution in [-0.2, 0) is 9.47 Å². The molecule has 0 fully saturated rings. The van der Waals surface area contributed by atoms with Crippen LogP contribution in [0.5, 0.6) is 40.2 Å². The van der Waals surface area contributed by atoms with Crippen molar-refractivity contribution < 1.29 is 62.2 Å². The Morgan fingerprint density at radius 3 is 0.758 bits per heavy atom. The first-order valence-electron chi connectivity index (χ1n) is 35.4. The molecule has 0 aromatic heterocycles. The van der Waals surface area contributed by atoms with E-state index in [1.54, 1.807) is 48.5 Å². The van der Waals surface area contributed by atoms with E-state index in [0.29, 0.717) is 47.3 Å². The third-order valence-corrected chi connectivity index (χ3v) is 16.7. The highest BCUT2D eigenvalue weighted by Gasteiger charge is 2.17. The van der Waals surface area contributed by atoms with E-state index >= 15 is 0 Å². The molecule has 0 aliphatic heterocycles. The molecule has 508 valence electrons. The van der Waals surface area contributed by atoms with Gasteiger partial charge in [0.2, 0.25) is 0 Å². The maximum Gasteiger partial charge on any atom is 0.343 e. The van der Waals surface area contributed by atoms with Gasteiger partial charge in [0, 0.05) is 0 Å². The number of esters is 4. The zero-order valence-corrected chi connectivity index (χ0v) is 56.5. The van der Waals surface area contributed by atoms with E-state index in [1.165, 1.54) is 82.4 Å². The molecule has 7 aromatic carbocycles. The molecule has 0 unspecified atom stereocenters. The number of unbranched alkanes of at least 4 members (excludes halogenated alkanes) is 24. The standard InChI is InChI=1S/C82H102O13/c1-3-5-7-9-19-25-55-88-73-43-31-64(32-44-73)66-35-51-77(52-36-66)94-81(86)68-39-47-75(48-40-68)90-57-27-21-15-11-13-17-23-29-59-92-79(84)70-61-71(63-72(83)62-70)80(85)93-60-30-24-18-14-12-16-22-28-58-91-76-49-41-69(42-50-76)82(87)95-78-53-37-67(38-54-78)65-33-45-74(46-34-65)89-56-26-20-10-8-6-4-2/h31-54,61-63,83H,3-30,55-60H2,1-2H3. The van der Waals surface area contributed by atoms with Crippen LogP contribution in [0.1, 0.15) is 235 Å². The third-order valence-electron chi connectivity index (χ3n) is 16.7. The lowest BCUT2D eigenvalue weighted by atomic mass is 10.1. The van der Waals surface area contributed by atoms with Crippen LogP contribution < -0.4 is 28.4 Å². The maximum absolute atomic E-state index is 12.9. The zero-order chi connectivity index (χ0) is 66.8. The van der Waals surface area contributed by atoms with Crippen LogP contribution in [0.2, 0.25) is 0 Å². The molecule has 0 heterocycles. The van der Waals surface area contributed by atoms with E-state index in [9.17, 15) is 24.3 Å². The fraction of sp³-hybridized carbons (Fsp3) is 0.439. The third kappa shape index (κ3) is 28.9. The topological polar surface area (TPSA) is 162 Å². The minimum Gasteiger partial charge on any atom is -0.508 e. The number of phenolic OH excluding ortho intramolecular Hbond substituents is 1. The van der Waals surface area contributed by atoms with Crippen molar-refractivity contribution in [3.8, 4) is 62.5 Å². The maximum atomic E-state index is 12.9. The van der Waals surface area contributed by atoms with Gasteiger partial charge in [-0.3, -0.25) is 0 Å². The molecule has 0 atom stereocenters. The molecule has 0 aliphatic carbocycles. The number of hydrogen-bond donors (Lipinski definition) is 1. The van der Waals surface area contributed by atoms with Crippen molar-refractivity contribution in [2.45, 2.75) is 194 Å². The van der Waals surface area contributed by atoms with Gasteiger partial charge >= 0.3 is 23.9 Å². The summed E-state index contributed by atoms with van der Waals surface area (Å²) in [4.78, 5) is 51.5. The van der Waals surface area contributed by atoms with Crippen molar-refractivity contribution >= 4 is 23.9 Å². The van der Waals surface area contributed by atoms with Crippen molar-refractivity contribution in [3.05, 3.63) is 186 Å². The Balaban J connectivity index is 0.634. The average molecular weight is 1300 g/mol. The van der Waals surface area contributed by atoms with E-state index < -0.39 is 23.9 Å². The Morgan fingerprint density at radius 2 is 0.484 bits per heavy atom. The molecule has 7 aromatic rings. The summed E-state index contributed by atoms with van der Waals surface area (Å²) >= 11 is 0. The molecule has 0 spiro atoms. The lowest BCUT2D eigenvalue weighted by Crippen LogP contribution is -2.10. The smallest absolute Gasteiger partial charge is 0.343 e. The Bertz CT molecular complexity index is 3050. The van der Waals surface area contributed by atoms with Gasteiger partial charge in [-0.15, -0.1) is 0 Å². The minimum atomic E-state index is -0.588. The lowest BCUT2D eigenvalue weighted by molar-refractivity contribution is 0.0493. The molecular weight excluding hydrogens is 1190 g/mol. The lowest BCUT2D eigenvalue weighted by Gasteiger charge is -2.09. The molecule has 1 N–H and O–H groups in total. The van der Waals surface area contributed by atoms with Gasteiger partial charge in [0.15, 0.2) is 0 Å². The van der Waals surface area contributed by atoms with Crippen LogP contribution >= 0.6 is 0 Å². The number of rotatable bonds is 48. The van der Waals surface area contributed by atoms with Crippen molar-refractivity contribution in [1.82, 2.24) is 0 Å². The van der Waals surface area contributed by atoms with Crippen LogP contribution in [0.25, 0.3) is 22.3 Å². The van der Waals surface area contributed by atoms with E-state index in [1.807, 2.05) is 97.1 Å². The van der Waals surface area contributed by atoms with Gasteiger partial charge in [0.25, 0.3) is 0 Å². The summed E-state index contributed by atoms with van der Waals surface area (Å²) < 4.78 is 46.0. The summed E-state index contributed by atoms with van der Waals surface area (Å²) in [5.41, 5.74) is 5.30. The highest BCUT2D eigenvalue weighted by atomic mass is 16.5. The molecule has 0 aliphatic rings. The summed E-state index contributed by atoms with van der Waals surface area (Å²) in [6.45, 7) is 7.64. The molecule has 0 bridgehead atoms. The SMILES string of the molecule is CCCCCCCCOc1ccc(-c2ccc(OC(=O)c3ccc(OCCCCCCCCCCOC(=O)c4cc(O)cc(C(=O)OCCCCCCCCCCOc5ccc(C(=O)Oc6ccc(-c7ccc(OCCCCCCCC)cc7)cc6)cc5)c4)cc3)cc2)cc1. The van der Waals surface area contributed by atoms with Gasteiger partial charge in [-0.25, -0.2) is 19.2 Å². The Hall–Kier alpha value is -8.58. The Kier molecular flexibility index (Phi) is 34.3. The molecule has 0 amide bonds. The number of carbonyl (C=O) groups is 4. The van der Waals surface area contributed by atoms with Crippen LogP contribution in [0.15, 0.2) is 164 Å². The van der Waals surface area contributed by atoms with Gasteiger partial charge in [0.05, 0.1) is 61.9 Å². The van der Waals surface area contributed by atoms with E-state index in [-0.39, 0.29) is 30.1 Å². The van der Waals surface area contributed by atoms with E-state index in [2.05, 4.69) is 13.8 Å². The molecule has 0 saturated heterocycles. The normalized spacial score (nSPS) is 11.0.